The molecular formula is C22H26N4O4. The van der Waals surface area contributed by atoms with Gasteiger partial charge in [0.1, 0.15) is 6.54 Å². The predicted octanol–water partition coefficient (Wildman–Crippen LogP) is 3.07. The number of urea groups is 1. The van der Waals surface area contributed by atoms with Crippen LogP contribution in [0.3, 0.4) is 0 Å². The summed E-state index contributed by atoms with van der Waals surface area (Å²) in [4.78, 5) is 25.9. The van der Waals surface area contributed by atoms with Crippen molar-refractivity contribution in [1.82, 2.24) is 14.8 Å². The summed E-state index contributed by atoms with van der Waals surface area (Å²) in [5.41, 5.74) is 2.40. The Bertz CT molecular complexity index is 1060. The maximum absolute atomic E-state index is 12.4. The second kappa shape index (κ2) is 9.21. The molecule has 2 aromatic carbocycles. The highest BCUT2D eigenvalue weighted by Gasteiger charge is 2.12. The fourth-order valence-corrected chi connectivity index (χ4v) is 3.15. The van der Waals surface area contributed by atoms with Gasteiger partial charge in [-0.25, -0.2) is 4.79 Å². The standard InChI is InChI=1S/C22H26N4O4/c1-25(2)20(27)14-26-11-10-15-12-17(8-9-18(15)26)24-22(28)23-13-16-6-5-7-19(29-3)21(16)30-4/h5-12H,13-14H2,1-4H3,(H2,23,24,28). The number of likely N-dealkylation sites (N-methyl/N-ethyl adjacent to an activating group) is 1. The van der Waals surface area contributed by atoms with Crippen LogP contribution in [-0.2, 0) is 17.9 Å². The summed E-state index contributed by atoms with van der Waals surface area (Å²) in [5, 5.41) is 6.60. The smallest absolute Gasteiger partial charge is 0.319 e. The van der Waals surface area contributed by atoms with Crippen molar-refractivity contribution >= 4 is 28.5 Å². The van der Waals surface area contributed by atoms with E-state index in [9.17, 15) is 9.59 Å². The molecule has 30 heavy (non-hydrogen) atoms. The number of aromatic nitrogens is 1. The molecule has 0 aliphatic heterocycles. The molecule has 0 fully saturated rings. The first-order valence-corrected chi connectivity index (χ1v) is 9.46. The Hall–Kier alpha value is -3.68. The summed E-state index contributed by atoms with van der Waals surface area (Å²) in [7, 11) is 6.60. The molecule has 0 saturated heterocycles. The SMILES string of the molecule is COc1cccc(CNC(=O)Nc2ccc3c(ccn3CC(=O)N(C)C)c2)c1OC. The third kappa shape index (κ3) is 4.65. The van der Waals surface area contributed by atoms with E-state index in [-0.39, 0.29) is 25.0 Å². The molecule has 1 aromatic heterocycles. The first-order chi connectivity index (χ1) is 14.4. The van der Waals surface area contributed by atoms with Crippen molar-refractivity contribution in [3.63, 3.8) is 0 Å². The van der Waals surface area contributed by atoms with Gasteiger partial charge in [0.05, 0.1) is 14.2 Å². The number of benzene rings is 2. The number of amides is 3. The fourth-order valence-electron chi connectivity index (χ4n) is 3.15. The minimum absolute atomic E-state index is 0.0158. The van der Waals surface area contributed by atoms with Crippen LogP contribution in [0.2, 0.25) is 0 Å². The topological polar surface area (TPSA) is 84.8 Å². The van der Waals surface area contributed by atoms with Crippen molar-refractivity contribution < 1.29 is 19.1 Å². The molecule has 0 atom stereocenters. The highest BCUT2D eigenvalue weighted by molar-refractivity contribution is 5.93. The van der Waals surface area contributed by atoms with Crippen LogP contribution >= 0.6 is 0 Å². The van der Waals surface area contributed by atoms with Gasteiger partial charge in [0.2, 0.25) is 5.91 Å². The summed E-state index contributed by atoms with van der Waals surface area (Å²) >= 11 is 0. The van der Waals surface area contributed by atoms with Gasteiger partial charge in [0.15, 0.2) is 11.5 Å². The van der Waals surface area contributed by atoms with E-state index in [2.05, 4.69) is 10.6 Å². The van der Waals surface area contributed by atoms with Crippen LogP contribution in [0.25, 0.3) is 10.9 Å². The Morgan fingerprint density at radius 3 is 2.57 bits per heavy atom. The minimum atomic E-state index is -0.332. The monoisotopic (exact) mass is 410 g/mol. The Labute approximate surface area is 175 Å². The zero-order valence-electron chi connectivity index (χ0n) is 17.6. The Kier molecular flexibility index (Phi) is 6.46. The van der Waals surface area contributed by atoms with Gasteiger partial charge < -0.3 is 29.6 Å². The van der Waals surface area contributed by atoms with Crippen molar-refractivity contribution in [2.24, 2.45) is 0 Å². The average molecular weight is 410 g/mol. The van der Waals surface area contributed by atoms with E-state index in [1.807, 2.05) is 47.2 Å². The van der Waals surface area contributed by atoms with Crippen molar-refractivity contribution in [2.75, 3.05) is 33.6 Å². The van der Waals surface area contributed by atoms with Crippen LogP contribution < -0.4 is 20.1 Å². The normalized spacial score (nSPS) is 10.5. The van der Waals surface area contributed by atoms with Crippen molar-refractivity contribution in [3.05, 3.63) is 54.2 Å². The third-order valence-corrected chi connectivity index (χ3v) is 4.76. The molecule has 0 spiro atoms. The molecule has 0 radical (unpaired) electrons. The van der Waals surface area contributed by atoms with Crippen LogP contribution in [-0.4, -0.2) is 49.7 Å². The average Bonchev–Trinajstić information content (AvgIpc) is 3.13. The van der Waals surface area contributed by atoms with Crippen molar-refractivity contribution in [2.45, 2.75) is 13.1 Å². The molecule has 1 heterocycles. The number of para-hydroxylation sites is 1. The van der Waals surface area contributed by atoms with E-state index in [0.29, 0.717) is 17.2 Å². The largest absolute Gasteiger partial charge is 0.493 e. The van der Waals surface area contributed by atoms with Crippen molar-refractivity contribution in [3.8, 4) is 11.5 Å². The number of carbonyl (C=O) groups excluding carboxylic acids is 2. The van der Waals surface area contributed by atoms with Gasteiger partial charge in [0.25, 0.3) is 0 Å². The first kappa shape index (κ1) is 21.0. The van der Waals surface area contributed by atoms with E-state index >= 15 is 0 Å². The lowest BCUT2D eigenvalue weighted by molar-refractivity contribution is -0.129. The number of rotatable bonds is 7. The number of hydrogen-bond donors (Lipinski definition) is 2. The van der Waals surface area contributed by atoms with Crippen LogP contribution in [0.4, 0.5) is 10.5 Å². The summed E-state index contributed by atoms with van der Waals surface area (Å²) in [6, 6.07) is 12.7. The number of fused-ring (bicyclic) bond motifs is 1. The van der Waals surface area contributed by atoms with Gasteiger partial charge in [-0.15, -0.1) is 0 Å². The molecule has 3 rings (SSSR count). The molecule has 0 aliphatic carbocycles. The maximum Gasteiger partial charge on any atom is 0.319 e. The van der Waals surface area contributed by atoms with Gasteiger partial charge in [0, 0.05) is 49.0 Å². The highest BCUT2D eigenvalue weighted by Crippen LogP contribution is 2.30. The predicted molar refractivity (Wildman–Crippen MR) is 116 cm³/mol. The molecule has 3 aromatic rings. The number of hydrogen-bond acceptors (Lipinski definition) is 4. The second-order valence-electron chi connectivity index (χ2n) is 6.97. The van der Waals surface area contributed by atoms with Crippen LogP contribution in [0.1, 0.15) is 5.56 Å². The van der Waals surface area contributed by atoms with Gasteiger partial charge in [-0.1, -0.05) is 12.1 Å². The molecule has 0 aliphatic rings. The molecule has 158 valence electrons. The Morgan fingerprint density at radius 1 is 1.07 bits per heavy atom. The van der Waals surface area contributed by atoms with Gasteiger partial charge in [-0.3, -0.25) is 4.79 Å². The summed E-state index contributed by atoms with van der Waals surface area (Å²) in [5.74, 6) is 1.22. The van der Waals surface area contributed by atoms with Crippen LogP contribution in [0.15, 0.2) is 48.7 Å². The second-order valence-corrected chi connectivity index (χ2v) is 6.97. The summed E-state index contributed by atoms with van der Waals surface area (Å²) in [6.07, 6.45) is 1.87. The summed E-state index contributed by atoms with van der Waals surface area (Å²) < 4.78 is 12.6. The zero-order chi connectivity index (χ0) is 21.7. The first-order valence-electron chi connectivity index (χ1n) is 9.46. The Balaban J connectivity index is 1.65. The van der Waals surface area contributed by atoms with E-state index in [1.54, 1.807) is 39.3 Å². The number of ether oxygens (including phenoxy) is 2. The number of methoxy groups -OCH3 is 2. The van der Waals surface area contributed by atoms with Gasteiger partial charge in [-0.05, 0) is 30.3 Å². The van der Waals surface area contributed by atoms with Gasteiger partial charge >= 0.3 is 6.03 Å². The van der Waals surface area contributed by atoms with Gasteiger partial charge in [-0.2, -0.15) is 0 Å². The molecule has 2 N–H and O–H groups in total. The Morgan fingerprint density at radius 2 is 1.87 bits per heavy atom. The molecule has 0 saturated carbocycles. The molecule has 0 bridgehead atoms. The molecule has 3 amide bonds. The number of nitrogens with zero attached hydrogens (tertiary/aromatic N) is 2. The summed E-state index contributed by atoms with van der Waals surface area (Å²) in [6.45, 7) is 0.559. The fraction of sp³-hybridized carbons (Fsp3) is 0.273. The van der Waals surface area contributed by atoms with E-state index in [1.165, 1.54) is 0 Å². The molecule has 8 nitrogen and oxygen atoms in total. The van der Waals surface area contributed by atoms with Crippen LogP contribution in [0, 0.1) is 0 Å². The third-order valence-electron chi connectivity index (χ3n) is 4.76. The molecule has 8 heteroatoms. The number of nitrogens with one attached hydrogen (secondary N) is 2. The van der Waals surface area contributed by atoms with E-state index in [0.717, 1.165) is 16.5 Å². The lowest BCUT2D eigenvalue weighted by Gasteiger charge is -2.14. The lowest BCUT2D eigenvalue weighted by atomic mass is 10.2. The zero-order valence-corrected chi connectivity index (χ0v) is 17.6. The maximum atomic E-state index is 12.4. The number of carbonyl (C=O) groups is 2. The lowest BCUT2D eigenvalue weighted by Crippen LogP contribution is -2.28. The van der Waals surface area contributed by atoms with E-state index in [4.69, 9.17) is 9.47 Å². The minimum Gasteiger partial charge on any atom is -0.493 e. The quantitative estimate of drug-likeness (QED) is 0.627. The highest BCUT2D eigenvalue weighted by atomic mass is 16.5. The molecular weight excluding hydrogens is 384 g/mol. The van der Waals surface area contributed by atoms with Crippen LogP contribution in [0.5, 0.6) is 11.5 Å². The van der Waals surface area contributed by atoms with E-state index < -0.39 is 0 Å². The molecule has 0 unspecified atom stereocenters. The van der Waals surface area contributed by atoms with Crippen molar-refractivity contribution in [1.29, 1.82) is 0 Å². The number of anilines is 1.